The van der Waals surface area contributed by atoms with Crippen molar-refractivity contribution >= 4 is 53.7 Å². The Labute approximate surface area is 355 Å². The molecule has 1 amide bonds. The molecule has 0 aromatic carbocycles. The number of carbonyl (C=O) groups is 9. The molecule has 32 heteroatoms. The number of nitrogens with zero attached hydrogens (tertiary/aromatic N) is 2. The molecule has 0 bridgehead atoms. The van der Waals surface area contributed by atoms with E-state index >= 15 is 0 Å². The van der Waals surface area contributed by atoms with E-state index in [1.54, 1.807) is 12.4 Å². The Bertz CT molecular complexity index is 1520. The zero-order valence-electron chi connectivity index (χ0n) is 33.6. The summed E-state index contributed by atoms with van der Waals surface area (Å²) in [6.07, 6.45) is 3.96. The van der Waals surface area contributed by atoms with Crippen LogP contribution in [-0.2, 0) is 56.0 Å². The molecule has 9 unspecified atom stereocenters. The van der Waals surface area contributed by atoms with Gasteiger partial charge in [0.1, 0.15) is 42.3 Å². The molecule has 2 aromatic rings. The van der Waals surface area contributed by atoms with Gasteiger partial charge in [0.05, 0.1) is 55.7 Å². The van der Waals surface area contributed by atoms with Crippen molar-refractivity contribution in [3.63, 3.8) is 0 Å². The Morgan fingerprint density at radius 1 is 0.508 bits per heavy atom. The molecule has 0 saturated carbocycles. The summed E-state index contributed by atoms with van der Waals surface area (Å²) in [4.78, 5) is 103. The minimum absolute atomic E-state index is 0.263. The van der Waals surface area contributed by atoms with Crippen LogP contribution in [0.1, 0.15) is 38.1 Å². The number of carboxylic acid groups (broad SMARTS) is 8. The van der Waals surface area contributed by atoms with Gasteiger partial charge in [-0.2, -0.15) is 0 Å². The van der Waals surface area contributed by atoms with E-state index in [1.165, 1.54) is 26.5 Å². The summed E-state index contributed by atoms with van der Waals surface area (Å²) < 4.78 is 0. The van der Waals surface area contributed by atoms with Crippen molar-refractivity contribution in [2.45, 2.75) is 94.0 Å². The second-order valence-electron chi connectivity index (χ2n) is 11.9. The van der Waals surface area contributed by atoms with Crippen LogP contribution >= 0.6 is 0 Å². The SMILES string of the molecule is CC(O)C(N)C(=O)O.CC(O)C(N)C(=O)O.NC(=O)CC(N)C(=O)O.NC(CC(=O)O)C(=O)O.NC(CO)C(=O)O.NC(Cc1c[nH]cn1)C(=O)O.NC(Cc1c[nH]cn1)C(=O)O. The number of carboxylic acids is 8. The van der Waals surface area contributed by atoms with Crippen LogP contribution in [0.15, 0.2) is 25.0 Å². The van der Waals surface area contributed by atoms with Crippen LogP contribution in [0.5, 0.6) is 0 Å². The lowest BCUT2D eigenvalue weighted by Gasteiger charge is -2.07. The van der Waals surface area contributed by atoms with E-state index in [2.05, 4.69) is 25.7 Å². The highest BCUT2D eigenvalue weighted by atomic mass is 16.4. The third kappa shape index (κ3) is 41.8. The van der Waals surface area contributed by atoms with E-state index in [-0.39, 0.29) is 19.3 Å². The summed E-state index contributed by atoms with van der Waals surface area (Å²) in [5.74, 6) is -9.97. The number of hydrogen-bond donors (Lipinski definition) is 21. The highest BCUT2D eigenvalue weighted by Crippen LogP contribution is 1.96. The molecule has 2 rings (SSSR count). The molecule has 0 aliphatic heterocycles. The molecule has 32 nitrogen and oxygen atoms in total. The summed E-state index contributed by atoms with van der Waals surface area (Å²) >= 11 is 0. The van der Waals surface area contributed by atoms with Crippen LogP contribution < -0.4 is 45.9 Å². The predicted molar refractivity (Wildman–Crippen MR) is 210 cm³/mol. The molecule has 2 aromatic heterocycles. The van der Waals surface area contributed by atoms with Gasteiger partial charge in [0.25, 0.3) is 0 Å². The lowest BCUT2D eigenvalue weighted by molar-refractivity contribution is -0.144. The molecule has 9 atom stereocenters. The molecule has 63 heavy (non-hydrogen) atoms. The fourth-order valence-electron chi connectivity index (χ4n) is 2.50. The first-order valence-electron chi connectivity index (χ1n) is 17.1. The average Bonchev–Trinajstić information content (AvgIpc) is 3.89. The summed E-state index contributed by atoms with van der Waals surface area (Å²) in [5, 5.41) is 90.0. The maximum Gasteiger partial charge on any atom is 0.323 e. The van der Waals surface area contributed by atoms with Crippen molar-refractivity contribution in [3.8, 4) is 0 Å². The number of aromatic amines is 2. The van der Waals surface area contributed by atoms with Gasteiger partial charge in [-0.15, -0.1) is 0 Å². The van der Waals surface area contributed by atoms with E-state index in [4.69, 9.17) is 96.3 Å². The van der Waals surface area contributed by atoms with Gasteiger partial charge >= 0.3 is 47.8 Å². The summed E-state index contributed by atoms with van der Waals surface area (Å²) in [6, 6.07) is -7.62. The third-order valence-corrected chi connectivity index (χ3v) is 6.18. The van der Waals surface area contributed by atoms with E-state index < -0.39 is 121 Å². The fourth-order valence-corrected chi connectivity index (χ4v) is 2.50. The molecule has 0 aliphatic rings. The molecule has 0 saturated heterocycles. The first-order chi connectivity index (χ1) is 28.8. The Balaban J connectivity index is -0.000000209. The van der Waals surface area contributed by atoms with Crippen LogP contribution in [0.25, 0.3) is 0 Å². The molecule has 2 heterocycles. The maximum atomic E-state index is 10.3. The normalized spacial score (nSPS) is 14.0. The standard InChI is InChI=1S/2C6H9N3O2.C4H8N2O3.C4H7NO4.2C4H9NO3.C3H7NO3/c2*7-5(6(10)11)1-4-2-8-3-9-4;2*5-2(4(8)9)1-3(6)7;2*1-2(6)3(5)4(7)8;4-2(1-5)3(6)7/h2*2-3,5H,1,7H2,(H,8,9)(H,10,11);2H,1,5H2,(H2,6,7)(H,8,9);2H,1,5H2,(H,6,7)(H,8,9);2*2-3,6H,5H2,1H3,(H,7,8);2,5H,1,4H2,(H,6,7). The Morgan fingerprint density at radius 3 is 0.905 bits per heavy atom. The molecule has 362 valence electrons. The van der Waals surface area contributed by atoms with Gasteiger partial charge in [-0.1, -0.05) is 0 Å². The quantitative estimate of drug-likeness (QED) is 0.0660. The van der Waals surface area contributed by atoms with Gasteiger partial charge in [-0.25, -0.2) is 9.97 Å². The number of rotatable bonds is 18. The van der Waals surface area contributed by atoms with Crippen LogP contribution in [0.3, 0.4) is 0 Å². The number of aliphatic hydroxyl groups excluding tert-OH is 3. The second-order valence-corrected chi connectivity index (χ2v) is 11.9. The smallest absolute Gasteiger partial charge is 0.323 e. The van der Waals surface area contributed by atoms with Crippen LogP contribution in [-0.4, -0.2) is 191 Å². The Morgan fingerprint density at radius 2 is 0.794 bits per heavy atom. The van der Waals surface area contributed by atoms with Crippen LogP contribution in [0, 0.1) is 0 Å². The van der Waals surface area contributed by atoms with Gasteiger partial charge < -0.3 is 112 Å². The van der Waals surface area contributed by atoms with E-state index in [0.29, 0.717) is 11.4 Å². The first kappa shape index (κ1) is 65.4. The summed E-state index contributed by atoms with van der Waals surface area (Å²) in [7, 11) is 0. The maximum absolute atomic E-state index is 10.3. The number of imidazole rings is 2. The number of aliphatic hydroxyl groups is 3. The molecule has 0 fully saturated rings. The highest BCUT2D eigenvalue weighted by Gasteiger charge is 2.18. The second kappa shape index (κ2) is 37.0. The van der Waals surface area contributed by atoms with Crippen molar-refractivity contribution in [1.82, 2.24) is 19.9 Å². The number of carbonyl (C=O) groups excluding carboxylic acids is 1. The largest absolute Gasteiger partial charge is 0.481 e. The monoisotopic (exact) mass is 918 g/mol. The molecule has 0 radical (unpaired) electrons. The van der Waals surface area contributed by atoms with Gasteiger partial charge in [0, 0.05) is 25.2 Å². The zero-order valence-corrected chi connectivity index (χ0v) is 33.6. The van der Waals surface area contributed by atoms with E-state index in [9.17, 15) is 43.2 Å². The van der Waals surface area contributed by atoms with Crippen molar-refractivity contribution in [2.75, 3.05) is 6.61 Å². The fraction of sp³-hybridized carbons (Fsp3) is 0.516. The van der Waals surface area contributed by atoms with E-state index in [0.717, 1.165) is 0 Å². The Kier molecular flexibility index (Phi) is 38.4. The van der Waals surface area contributed by atoms with E-state index in [1.807, 2.05) is 0 Å². The molecule has 0 spiro atoms. The lowest BCUT2D eigenvalue weighted by atomic mass is 10.2. The van der Waals surface area contributed by atoms with Crippen LogP contribution in [0.2, 0.25) is 0 Å². The van der Waals surface area contributed by atoms with Crippen molar-refractivity contribution in [3.05, 3.63) is 36.4 Å². The van der Waals surface area contributed by atoms with Crippen LogP contribution in [0.4, 0.5) is 0 Å². The third-order valence-electron chi connectivity index (χ3n) is 6.18. The van der Waals surface area contributed by atoms with Crippen molar-refractivity contribution in [1.29, 1.82) is 0 Å². The number of aromatic nitrogens is 4. The first-order valence-corrected chi connectivity index (χ1v) is 17.1. The van der Waals surface area contributed by atoms with Gasteiger partial charge in [0.15, 0.2) is 0 Å². The topological polar surface area (TPSA) is 642 Å². The minimum Gasteiger partial charge on any atom is -0.481 e. The lowest BCUT2D eigenvalue weighted by Crippen LogP contribution is -2.39. The zero-order chi connectivity index (χ0) is 50.7. The molecule has 0 aliphatic carbocycles. The number of aliphatic carboxylic acids is 8. The minimum atomic E-state index is -1.29. The van der Waals surface area contributed by atoms with Gasteiger partial charge in [0.2, 0.25) is 5.91 Å². The van der Waals surface area contributed by atoms with Crippen molar-refractivity contribution in [2.24, 2.45) is 45.9 Å². The average molecular weight is 919 g/mol. The number of amides is 1. The number of hydrogen-bond acceptors (Lipinski definition) is 21. The number of primary amides is 1. The van der Waals surface area contributed by atoms with Gasteiger partial charge in [-0.05, 0) is 13.8 Å². The number of nitrogens with two attached hydrogens (primary N) is 8. The van der Waals surface area contributed by atoms with Gasteiger partial charge in [-0.3, -0.25) is 43.2 Å². The van der Waals surface area contributed by atoms with Crippen molar-refractivity contribution < 1.29 is 99.3 Å². The number of nitrogens with one attached hydrogen (secondary N) is 2. The summed E-state index contributed by atoms with van der Waals surface area (Å²) in [5.41, 5.74) is 40.8. The molecular formula is C31H58N12O20. The number of H-pyrrole nitrogens is 2. The predicted octanol–water partition coefficient (Wildman–Crippen LogP) is -8.18. The molecule has 29 N–H and O–H groups in total. The Hall–Kier alpha value is -6.75. The molecular weight excluding hydrogens is 860 g/mol. The summed E-state index contributed by atoms with van der Waals surface area (Å²) in [6.45, 7) is 2.16. The highest BCUT2D eigenvalue weighted by molar-refractivity contribution is 5.83.